The van der Waals surface area contributed by atoms with E-state index in [1.165, 1.54) is 37.6 Å². The lowest BCUT2D eigenvalue weighted by Crippen LogP contribution is -2.55. The van der Waals surface area contributed by atoms with Gasteiger partial charge in [-0.05, 0) is 80.5 Å². The van der Waals surface area contributed by atoms with Gasteiger partial charge in [0.1, 0.15) is 6.20 Å². The largest absolute Gasteiger partial charge is 0.478 e. The van der Waals surface area contributed by atoms with Crippen LogP contribution in [0.4, 0.5) is 23.1 Å². The van der Waals surface area contributed by atoms with Gasteiger partial charge < -0.3 is 15.7 Å². The molecule has 0 spiro atoms. The zero-order chi connectivity index (χ0) is 20.9. The second-order valence-electron chi connectivity index (χ2n) is 9.01. The molecule has 3 N–H and O–H groups in total. The van der Waals surface area contributed by atoms with Crippen molar-refractivity contribution in [1.82, 2.24) is 9.97 Å². The molecule has 0 radical (unpaired) electrons. The van der Waals surface area contributed by atoms with Gasteiger partial charge in [-0.2, -0.15) is 4.98 Å². The summed E-state index contributed by atoms with van der Waals surface area (Å²) in [5.74, 6) is 1.59. The average Bonchev–Trinajstić information content (AvgIpc) is 2.67. The summed E-state index contributed by atoms with van der Waals surface area (Å²) in [6.45, 7) is 0. The summed E-state index contributed by atoms with van der Waals surface area (Å²) in [5.41, 5.74) is 0.537. The fraction of sp³-hybridized carbons (Fsp3) is 0.476. The molecule has 0 unspecified atom stereocenters. The smallest absolute Gasteiger partial charge is 0.335 e. The fourth-order valence-electron chi connectivity index (χ4n) is 6.00. The number of carboxylic acid groups (broad SMARTS) is 1. The molecule has 4 bridgehead atoms. The highest BCUT2D eigenvalue weighted by atomic mass is 16.6. The monoisotopic (exact) mass is 409 g/mol. The van der Waals surface area contributed by atoms with E-state index in [-0.39, 0.29) is 28.6 Å². The number of benzene rings is 1. The van der Waals surface area contributed by atoms with E-state index >= 15 is 0 Å². The minimum atomic E-state index is -1.00. The average molecular weight is 409 g/mol. The maximum absolute atomic E-state index is 11.6. The highest BCUT2D eigenvalue weighted by molar-refractivity contribution is 5.88. The van der Waals surface area contributed by atoms with Crippen LogP contribution in [0.25, 0.3) is 0 Å². The van der Waals surface area contributed by atoms with E-state index in [2.05, 4.69) is 20.6 Å². The third kappa shape index (κ3) is 3.44. The normalized spacial score (nSPS) is 28.9. The lowest BCUT2D eigenvalue weighted by atomic mass is 9.53. The van der Waals surface area contributed by atoms with Gasteiger partial charge in [-0.15, -0.1) is 0 Å². The first-order chi connectivity index (χ1) is 14.4. The van der Waals surface area contributed by atoms with Gasteiger partial charge in [0.15, 0.2) is 0 Å². The number of hydrogen-bond acceptors (Lipinski definition) is 7. The molecular formula is C21H23N5O4. The number of nitrogens with one attached hydrogen (secondary N) is 2. The zero-order valence-corrected chi connectivity index (χ0v) is 16.4. The molecule has 4 aliphatic carbocycles. The first-order valence-electron chi connectivity index (χ1n) is 10.3. The zero-order valence-electron chi connectivity index (χ0n) is 16.4. The molecule has 0 aliphatic heterocycles. The predicted molar refractivity (Wildman–Crippen MR) is 110 cm³/mol. The highest BCUT2D eigenvalue weighted by Gasteiger charge is 2.51. The Balaban J connectivity index is 1.41. The number of rotatable bonds is 6. The van der Waals surface area contributed by atoms with Crippen molar-refractivity contribution in [3.8, 4) is 0 Å². The number of anilines is 3. The minimum absolute atomic E-state index is 0.117. The first kappa shape index (κ1) is 18.8. The van der Waals surface area contributed by atoms with E-state index in [4.69, 9.17) is 5.11 Å². The van der Waals surface area contributed by atoms with Crippen LogP contribution in [0.15, 0.2) is 30.5 Å². The van der Waals surface area contributed by atoms with Crippen LogP contribution in [0.1, 0.15) is 48.9 Å². The molecule has 0 atom stereocenters. The Morgan fingerprint density at radius 1 is 1.10 bits per heavy atom. The van der Waals surface area contributed by atoms with Crippen LogP contribution in [-0.4, -0.2) is 31.5 Å². The molecule has 30 heavy (non-hydrogen) atoms. The van der Waals surface area contributed by atoms with Gasteiger partial charge in [0.25, 0.3) is 0 Å². The molecule has 2 aromatic rings. The van der Waals surface area contributed by atoms with Crippen molar-refractivity contribution < 1.29 is 14.8 Å². The summed E-state index contributed by atoms with van der Waals surface area (Å²) in [7, 11) is 0. The van der Waals surface area contributed by atoms with E-state index in [9.17, 15) is 14.9 Å². The van der Waals surface area contributed by atoms with Gasteiger partial charge in [0.05, 0.1) is 10.5 Å². The van der Waals surface area contributed by atoms with Crippen molar-refractivity contribution >= 4 is 29.1 Å². The van der Waals surface area contributed by atoms with E-state index in [0.29, 0.717) is 23.4 Å². The molecular weight excluding hydrogens is 386 g/mol. The number of nitro groups is 1. The minimum Gasteiger partial charge on any atom is -0.478 e. The Morgan fingerprint density at radius 2 is 1.70 bits per heavy atom. The third-order valence-corrected chi connectivity index (χ3v) is 6.78. The summed E-state index contributed by atoms with van der Waals surface area (Å²) >= 11 is 0. The summed E-state index contributed by atoms with van der Waals surface area (Å²) in [5, 5.41) is 27.1. The van der Waals surface area contributed by atoms with Gasteiger partial charge >= 0.3 is 11.7 Å². The third-order valence-electron chi connectivity index (χ3n) is 6.78. The van der Waals surface area contributed by atoms with Crippen LogP contribution in [0.3, 0.4) is 0 Å². The Hall–Kier alpha value is -3.23. The molecule has 9 heteroatoms. The molecule has 1 aromatic carbocycles. The number of hydrogen-bond donors (Lipinski definition) is 3. The summed E-state index contributed by atoms with van der Waals surface area (Å²) in [6, 6.07) is 6.18. The molecule has 4 saturated carbocycles. The van der Waals surface area contributed by atoms with Crippen molar-refractivity contribution in [2.45, 2.75) is 44.1 Å². The summed E-state index contributed by atoms with van der Waals surface area (Å²) < 4.78 is 0. The van der Waals surface area contributed by atoms with Crippen LogP contribution in [0.5, 0.6) is 0 Å². The molecule has 156 valence electrons. The van der Waals surface area contributed by atoms with Crippen molar-refractivity contribution in [2.75, 3.05) is 10.6 Å². The Labute approximate surface area is 173 Å². The number of carboxylic acids is 1. The number of aromatic nitrogens is 2. The maximum Gasteiger partial charge on any atom is 0.335 e. The Kier molecular flexibility index (Phi) is 4.34. The van der Waals surface area contributed by atoms with Crippen LogP contribution in [0, 0.1) is 27.9 Å². The van der Waals surface area contributed by atoms with Crippen molar-refractivity contribution in [3.05, 3.63) is 46.1 Å². The van der Waals surface area contributed by atoms with Gasteiger partial charge in [-0.1, -0.05) is 0 Å². The Bertz CT molecular complexity index is 972. The molecule has 6 rings (SSSR count). The summed E-state index contributed by atoms with van der Waals surface area (Å²) in [4.78, 5) is 30.7. The van der Waals surface area contributed by atoms with Gasteiger partial charge in [0, 0.05) is 11.2 Å². The first-order valence-corrected chi connectivity index (χ1v) is 10.3. The van der Waals surface area contributed by atoms with Crippen molar-refractivity contribution in [1.29, 1.82) is 0 Å². The maximum atomic E-state index is 11.6. The lowest BCUT2D eigenvalue weighted by molar-refractivity contribution is -0.384. The second kappa shape index (κ2) is 6.93. The molecule has 1 heterocycles. The Morgan fingerprint density at radius 3 is 2.23 bits per heavy atom. The number of nitrogens with zero attached hydrogens (tertiary/aromatic N) is 3. The van der Waals surface area contributed by atoms with E-state index in [0.717, 1.165) is 19.3 Å². The molecule has 1 aromatic heterocycles. The number of carbonyl (C=O) groups is 1. The van der Waals surface area contributed by atoms with Gasteiger partial charge in [-0.3, -0.25) is 10.1 Å². The topological polar surface area (TPSA) is 130 Å². The lowest BCUT2D eigenvalue weighted by Gasteiger charge is -2.57. The van der Waals surface area contributed by atoms with Gasteiger partial charge in [-0.25, -0.2) is 9.78 Å². The standard InChI is InChI=1S/C21H23N5O4/c27-19(28)15-1-3-16(4-2-15)23-20-22-11-17(26(29)30)18(24-20)25-21-8-12-5-13(9-21)7-14(6-12)10-21/h1-4,11-14H,5-10H2,(H,27,28)(H2,22,23,24,25). The fourth-order valence-corrected chi connectivity index (χ4v) is 6.00. The van der Waals surface area contributed by atoms with Crippen LogP contribution < -0.4 is 10.6 Å². The molecule has 4 aliphatic rings. The highest BCUT2D eigenvalue weighted by Crippen LogP contribution is 2.56. The molecule has 4 fully saturated rings. The predicted octanol–water partition coefficient (Wildman–Crippen LogP) is 4.21. The van der Waals surface area contributed by atoms with Crippen molar-refractivity contribution in [2.24, 2.45) is 17.8 Å². The van der Waals surface area contributed by atoms with Gasteiger partial charge in [0.2, 0.25) is 11.8 Å². The summed E-state index contributed by atoms with van der Waals surface area (Å²) in [6.07, 6.45) is 8.20. The SMILES string of the molecule is O=C(O)c1ccc(Nc2ncc([N+](=O)[O-])c(NC34CC5CC(CC(C5)C3)C4)n2)cc1. The van der Waals surface area contributed by atoms with Crippen molar-refractivity contribution in [3.63, 3.8) is 0 Å². The quantitative estimate of drug-likeness (QED) is 0.478. The van der Waals surface area contributed by atoms with Crippen LogP contribution in [0.2, 0.25) is 0 Å². The van der Waals surface area contributed by atoms with E-state index in [1.54, 1.807) is 12.1 Å². The molecule has 9 nitrogen and oxygen atoms in total. The number of aromatic carboxylic acids is 1. The van der Waals surface area contributed by atoms with E-state index in [1.807, 2.05) is 0 Å². The van der Waals surface area contributed by atoms with E-state index < -0.39 is 10.9 Å². The molecule has 0 saturated heterocycles. The molecule has 0 amide bonds. The second-order valence-corrected chi connectivity index (χ2v) is 9.01. The van der Waals surface area contributed by atoms with Crippen LogP contribution in [-0.2, 0) is 0 Å². The van der Waals surface area contributed by atoms with Crippen LogP contribution >= 0.6 is 0 Å².